The Morgan fingerprint density at radius 3 is 2.44 bits per heavy atom. The van der Waals surface area contributed by atoms with E-state index in [1.165, 1.54) is 25.5 Å². The second-order valence-corrected chi connectivity index (χ2v) is 7.67. The second kappa shape index (κ2) is 8.23. The van der Waals surface area contributed by atoms with Crippen LogP contribution in [0.15, 0.2) is 29.0 Å². The van der Waals surface area contributed by atoms with Crippen molar-refractivity contribution in [1.29, 1.82) is 0 Å². The Morgan fingerprint density at radius 1 is 1.16 bits per heavy atom. The highest BCUT2D eigenvalue weighted by Crippen LogP contribution is 2.38. The van der Waals surface area contributed by atoms with Crippen molar-refractivity contribution in [1.82, 2.24) is 25.1 Å². The van der Waals surface area contributed by atoms with Crippen LogP contribution in [0.2, 0.25) is 0 Å². The summed E-state index contributed by atoms with van der Waals surface area (Å²) < 4.78 is 45.2. The third-order valence-electron chi connectivity index (χ3n) is 5.35. The van der Waals surface area contributed by atoms with Crippen LogP contribution >= 0.6 is 0 Å². The fraction of sp³-hybridized carbons (Fsp3) is 0.333. The minimum absolute atomic E-state index is 0.240. The molecule has 0 spiro atoms. The molecule has 0 bridgehead atoms. The Hall–Kier alpha value is -3.47. The molecular formula is C21H22F3N7O. The maximum absolute atomic E-state index is 13.3. The van der Waals surface area contributed by atoms with Crippen molar-refractivity contribution in [3.63, 3.8) is 0 Å². The average Bonchev–Trinajstić information content (AvgIpc) is 3.28. The number of nitrogens with two attached hydrogens (primary N) is 2. The van der Waals surface area contributed by atoms with E-state index in [0.717, 1.165) is 5.56 Å². The topological polar surface area (TPSA) is 133 Å². The molecular weight excluding hydrogens is 423 g/mol. The van der Waals surface area contributed by atoms with Gasteiger partial charge in [0.2, 0.25) is 5.95 Å². The fourth-order valence-electron chi connectivity index (χ4n) is 3.44. The zero-order chi connectivity index (χ0) is 23.0. The molecule has 168 valence electrons. The van der Waals surface area contributed by atoms with Gasteiger partial charge in [0, 0.05) is 29.4 Å². The van der Waals surface area contributed by atoms with Crippen LogP contribution in [-0.2, 0) is 6.18 Å². The van der Waals surface area contributed by atoms with Gasteiger partial charge in [0.25, 0.3) is 0 Å². The van der Waals surface area contributed by atoms with E-state index >= 15 is 0 Å². The van der Waals surface area contributed by atoms with Gasteiger partial charge >= 0.3 is 6.18 Å². The number of nitrogens with zero attached hydrogens (tertiary/aromatic N) is 4. The molecule has 11 heteroatoms. The lowest BCUT2D eigenvalue weighted by atomic mass is 9.95. The second-order valence-electron chi connectivity index (χ2n) is 7.67. The van der Waals surface area contributed by atoms with Crippen LogP contribution in [0.4, 0.5) is 19.1 Å². The Labute approximate surface area is 181 Å². The summed E-state index contributed by atoms with van der Waals surface area (Å²) >= 11 is 0. The van der Waals surface area contributed by atoms with Gasteiger partial charge in [-0.25, -0.2) is 15.0 Å². The number of H-pyrrole nitrogens is 1. The van der Waals surface area contributed by atoms with Gasteiger partial charge in [0.15, 0.2) is 0 Å². The first kappa shape index (κ1) is 21.8. The molecule has 1 aliphatic carbocycles. The smallest absolute Gasteiger partial charge is 0.368 e. The highest BCUT2D eigenvalue weighted by Gasteiger charge is 2.36. The number of anilines is 1. The lowest BCUT2D eigenvalue weighted by molar-refractivity contribution is -0.137. The number of pyridine rings is 1. The third kappa shape index (κ3) is 4.15. The van der Waals surface area contributed by atoms with Crippen LogP contribution in [-0.4, -0.2) is 31.1 Å². The van der Waals surface area contributed by atoms with Crippen LogP contribution in [0.25, 0.3) is 33.5 Å². The molecule has 32 heavy (non-hydrogen) atoms. The Balaban J connectivity index is 0.000000433. The Kier molecular flexibility index (Phi) is 5.59. The predicted molar refractivity (Wildman–Crippen MR) is 113 cm³/mol. The van der Waals surface area contributed by atoms with Gasteiger partial charge in [-0.1, -0.05) is 11.6 Å². The number of aromatic nitrogens is 5. The summed E-state index contributed by atoms with van der Waals surface area (Å²) in [5.74, 6) is 0.363. The molecule has 1 fully saturated rings. The molecule has 0 unspecified atom stereocenters. The van der Waals surface area contributed by atoms with Gasteiger partial charge in [0.05, 0.1) is 22.6 Å². The number of fused-ring (bicyclic) bond motifs is 1. The van der Waals surface area contributed by atoms with Crippen LogP contribution in [0.1, 0.15) is 36.3 Å². The molecule has 1 aliphatic rings. The van der Waals surface area contributed by atoms with Crippen molar-refractivity contribution in [2.45, 2.75) is 45.3 Å². The largest absolute Gasteiger partial charge is 0.419 e. The van der Waals surface area contributed by atoms with E-state index in [1.807, 2.05) is 0 Å². The van der Waals surface area contributed by atoms with E-state index in [9.17, 15) is 13.2 Å². The van der Waals surface area contributed by atoms with Crippen LogP contribution < -0.4 is 11.5 Å². The number of aromatic amines is 1. The summed E-state index contributed by atoms with van der Waals surface area (Å²) in [4.78, 5) is 14.7. The Morgan fingerprint density at radius 2 is 1.88 bits per heavy atom. The number of nitrogen functional groups attached to an aromatic ring is 1. The first-order valence-electron chi connectivity index (χ1n) is 10.0. The van der Waals surface area contributed by atoms with Gasteiger partial charge in [-0.2, -0.15) is 13.2 Å². The average molecular weight is 445 g/mol. The van der Waals surface area contributed by atoms with Crippen molar-refractivity contribution in [2.24, 2.45) is 5.73 Å². The Bertz CT molecular complexity index is 1240. The van der Waals surface area contributed by atoms with Crippen LogP contribution in [0.3, 0.4) is 0 Å². The SMILES string of the molecule is Cc1noc(C)c1-c1ccc2c(-c3nc(N)ncc3C(F)(F)F)c[nH]c2n1.NC1CCC1. The maximum Gasteiger partial charge on any atom is 0.419 e. The maximum atomic E-state index is 13.3. The molecule has 4 heterocycles. The first-order valence-corrected chi connectivity index (χ1v) is 10.0. The highest BCUT2D eigenvalue weighted by atomic mass is 19.4. The number of aryl methyl sites for hydroxylation is 2. The first-order chi connectivity index (χ1) is 15.1. The normalized spacial score (nSPS) is 14.2. The molecule has 5 N–H and O–H groups in total. The minimum atomic E-state index is -4.61. The quantitative estimate of drug-likeness (QED) is 0.417. The van der Waals surface area contributed by atoms with Crippen molar-refractivity contribution in [3.8, 4) is 22.5 Å². The molecule has 4 aromatic heterocycles. The molecule has 8 nitrogen and oxygen atoms in total. The highest BCUT2D eigenvalue weighted by molar-refractivity contribution is 5.94. The van der Waals surface area contributed by atoms with Gasteiger partial charge < -0.3 is 21.0 Å². The molecule has 5 rings (SSSR count). The lowest BCUT2D eigenvalue weighted by Crippen LogP contribution is -2.27. The van der Waals surface area contributed by atoms with Crippen molar-refractivity contribution >= 4 is 17.0 Å². The minimum Gasteiger partial charge on any atom is -0.368 e. The van der Waals surface area contributed by atoms with E-state index in [1.54, 1.807) is 26.0 Å². The van der Waals surface area contributed by atoms with Crippen molar-refractivity contribution in [3.05, 3.63) is 41.5 Å². The number of nitrogens with one attached hydrogen (secondary N) is 1. The van der Waals surface area contributed by atoms with E-state index < -0.39 is 11.7 Å². The third-order valence-corrected chi connectivity index (χ3v) is 5.35. The molecule has 0 aromatic carbocycles. The summed E-state index contributed by atoms with van der Waals surface area (Å²) in [6.45, 7) is 3.55. The molecule has 1 saturated carbocycles. The van der Waals surface area contributed by atoms with E-state index in [-0.39, 0.29) is 17.2 Å². The monoisotopic (exact) mass is 445 g/mol. The number of halogens is 3. The molecule has 0 radical (unpaired) electrons. The molecule has 0 atom stereocenters. The standard InChI is InChI=1S/C17H13F3N6O.C4H9N/c1-7-13(8(2)27-26-7)12-4-3-9-10(5-22-15(9)24-12)14-11(17(18,19)20)6-23-16(21)25-14;5-4-2-1-3-4/h3-6H,1-2H3,(H,22,24)(H2,21,23,25);4H,1-3,5H2. The number of rotatable bonds is 2. The van der Waals surface area contributed by atoms with E-state index in [0.29, 0.717) is 40.4 Å². The number of hydrogen-bond acceptors (Lipinski definition) is 7. The molecule has 0 saturated heterocycles. The van der Waals surface area contributed by atoms with E-state index in [4.69, 9.17) is 16.0 Å². The summed E-state index contributed by atoms with van der Waals surface area (Å²) in [7, 11) is 0. The zero-order valence-corrected chi connectivity index (χ0v) is 17.5. The van der Waals surface area contributed by atoms with Gasteiger partial charge in [-0.15, -0.1) is 0 Å². The molecule has 4 aromatic rings. The fourth-order valence-corrected chi connectivity index (χ4v) is 3.44. The van der Waals surface area contributed by atoms with Crippen molar-refractivity contribution in [2.75, 3.05) is 5.73 Å². The van der Waals surface area contributed by atoms with Crippen LogP contribution in [0, 0.1) is 13.8 Å². The van der Waals surface area contributed by atoms with Crippen molar-refractivity contribution < 1.29 is 17.7 Å². The molecule has 0 amide bonds. The summed E-state index contributed by atoms with van der Waals surface area (Å²) in [5.41, 5.74) is 12.3. The number of alkyl halides is 3. The summed E-state index contributed by atoms with van der Waals surface area (Å²) in [5, 5.41) is 4.37. The van der Waals surface area contributed by atoms with Crippen LogP contribution in [0.5, 0.6) is 0 Å². The predicted octanol–water partition coefficient (Wildman–Crippen LogP) is 4.39. The van der Waals surface area contributed by atoms with Gasteiger partial charge in [0.1, 0.15) is 17.0 Å². The zero-order valence-electron chi connectivity index (χ0n) is 17.5. The number of hydrogen-bond donors (Lipinski definition) is 3. The lowest BCUT2D eigenvalue weighted by Gasteiger charge is -2.18. The summed E-state index contributed by atoms with van der Waals surface area (Å²) in [6.07, 6.45) is 1.38. The van der Waals surface area contributed by atoms with E-state index in [2.05, 4.69) is 25.1 Å². The molecule has 0 aliphatic heterocycles. The van der Waals surface area contributed by atoms with Gasteiger partial charge in [-0.3, -0.25) is 0 Å². The van der Waals surface area contributed by atoms with Gasteiger partial charge in [-0.05, 0) is 38.8 Å². The summed E-state index contributed by atoms with van der Waals surface area (Å²) in [6, 6.07) is 3.94.